The topological polar surface area (TPSA) is 130 Å². The molecule has 154 valence electrons. The van der Waals surface area contributed by atoms with E-state index in [-0.39, 0.29) is 18.8 Å². The van der Waals surface area contributed by atoms with E-state index >= 15 is 0 Å². The Morgan fingerprint density at radius 3 is 2.50 bits per heavy atom. The van der Waals surface area contributed by atoms with Crippen molar-refractivity contribution in [1.82, 2.24) is 30.6 Å². The predicted molar refractivity (Wildman–Crippen MR) is 105 cm³/mol. The van der Waals surface area contributed by atoms with Gasteiger partial charge < -0.3 is 15.7 Å². The van der Waals surface area contributed by atoms with Crippen LogP contribution in [0, 0.1) is 19.8 Å². The first-order valence-corrected chi connectivity index (χ1v) is 8.99. The largest absolute Gasteiger partial charge is 0.465 e. The van der Waals surface area contributed by atoms with Gasteiger partial charge in [0.1, 0.15) is 5.69 Å². The zero-order chi connectivity index (χ0) is 21.7. The Kier molecular flexibility index (Phi) is 6.26. The zero-order valence-corrected chi connectivity index (χ0v) is 16.3. The molecule has 0 aliphatic rings. The first-order chi connectivity index (χ1) is 14.3. The molecule has 30 heavy (non-hydrogen) atoms. The summed E-state index contributed by atoms with van der Waals surface area (Å²) in [7, 11) is 0. The molecular weight excluding hydrogens is 391 g/mol. The Balaban J connectivity index is 1.89. The SMILES string of the molecule is Cc1cnc(CNC(=O)c2cc(CNC(=O)O)cc(-c3ccc(F)nc3C)n2)cn1. The van der Waals surface area contributed by atoms with Gasteiger partial charge >= 0.3 is 6.09 Å². The van der Waals surface area contributed by atoms with Crippen molar-refractivity contribution in [2.45, 2.75) is 26.9 Å². The highest BCUT2D eigenvalue weighted by atomic mass is 19.1. The molecule has 0 saturated carbocycles. The maximum absolute atomic E-state index is 13.4. The quantitative estimate of drug-likeness (QED) is 0.532. The van der Waals surface area contributed by atoms with Crippen molar-refractivity contribution in [1.29, 1.82) is 0 Å². The molecule has 3 aromatic heterocycles. The van der Waals surface area contributed by atoms with Gasteiger partial charge in [-0.2, -0.15) is 4.39 Å². The molecular formula is C20H19FN6O3. The molecule has 0 spiro atoms. The Labute approximate surface area is 171 Å². The zero-order valence-electron chi connectivity index (χ0n) is 16.3. The summed E-state index contributed by atoms with van der Waals surface area (Å²) in [5.74, 6) is -1.10. The molecule has 3 aromatic rings. The fraction of sp³-hybridized carbons (Fsp3) is 0.200. The van der Waals surface area contributed by atoms with Gasteiger partial charge in [0, 0.05) is 24.0 Å². The standard InChI is InChI=1S/C20H19FN6O3/c1-11-7-23-14(9-22-11)10-24-19(28)17-6-13(8-25-20(29)30)5-16(27-17)15-3-4-18(21)26-12(15)2/h3-7,9,25H,8,10H2,1-2H3,(H,24,28)(H,29,30). The maximum atomic E-state index is 13.4. The third kappa shape index (κ3) is 5.31. The molecule has 0 unspecified atom stereocenters. The smallest absolute Gasteiger partial charge is 0.404 e. The lowest BCUT2D eigenvalue weighted by Gasteiger charge is -2.11. The number of carbonyl (C=O) groups excluding carboxylic acids is 1. The molecule has 0 atom stereocenters. The second-order valence-electron chi connectivity index (χ2n) is 6.50. The second kappa shape index (κ2) is 9.03. The van der Waals surface area contributed by atoms with Gasteiger partial charge in [0.15, 0.2) is 0 Å². The fourth-order valence-corrected chi connectivity index (χ4v) is 2.69. The van der Waals surface area contributed by atoms with E-state index in [1.165, 1.54) is 18.2 Å². The summed E-state index contributed by atoms with van der Waals surface area (Å²) >= 11 is 0. The highest BCUT2D eigenvalue weighted by Gasteiger charge is 2.14. The molecule has 9 nitrogen and oxygen atoms in total. The van der Waals surface area contributed by atoms with Crippen LogP contribution >= 0.6 is 0 Å². The lowest BCUT2D eigenvalue weighted by molar-refractivity contribution is 0.0945. The molecule has 0 saturated heterocycles. The Hall–Kier alpha value is -3.95. The fourth-order valence-electron chi connectivity index (χ4n) is 2.69. The number of nitrogens with zero attached hydrogens (tertiary/aromatic N) is 4. The number of aryl methyl sites for hydroxylation is 2. The van der Waals surface area contributed by atoms with Gasteiger partial charge in [0.25, 0.3) is 5.91 Å². The molecule has 0 aromatic carbocycles. The van der Waals surface area contributed by atoms with Crippen LogP contribution in [0.25, 0.3) is 11.3 Å². The van der Waals surface area contributed by atoms with E-state index in [0.717, 1.165) is 5.69 Å². The van der Waals surface area contributed by atoms with Gasteiger partial charge in [-0.15, -0.1) is 0 Å². The van der Waals surface area contributed by atoms with Crippen LogP contribution in [-0.2, 0) is 13.1 Å². The number of rotatable bonds is 6. The minimum Gasteiger partial charge on any atom is -0.465 e. The molecule has 3 rings (SSSR count). The molecule has 10 heteroatoms. The van der Waals surface area contributed by atoms with Crippen LogP contribution in [0.3, 0.4) is 0 Å². The number of pyridine rings is 2. The third-order valence-corrected chi connectivity index (χ3v) is 4.15. The number of hydrogen-bond donors (Lipinski definition) is 3. The first-order valence-electron chi connectivity index (χ1n) is 8.99. The minimum atomic E-state index is -1.20. The van der Waals surface area contributed by atoms with Crippen LogP contribution in [0.5, 0.6) is 0 Å². The number of aromatic nitrogens is 4. The number of hydrogen-bond acceptors (Lipinski definition) is 6. The molecule has 0 bridgehead atoms. The van der Waals surface area contributed by atoms with E-state index in [1.54, 1.807) is 25.4 Å². The van der Waals surface area contributed by atoms with Crippen molar-refractivity contribution >= 4 is 12.0 Å². The molecule has 3 heterocycles. The maximum Gasteiger partial charge on any atom is 0.404 e. The summed E-state index contributed by atoms with van der Waals surface area (Å²) < 4.78 is 13.4. The van der Waals surface area contributed by atoms with E-state index in [1.807, 2.05) is 6.92 Å². The Bertz CT molecular complexity index is 1090. The average molecular weight is 410 g/mol. The summed E-state index contributed by atoms with van der Waals surface area (Å²) in [6.45, 7) is 3.56. The normalized spacial score (nSPS) is 10.5. The summed E-state index contributed by atoms with van der Waals surface area (Å²) in [6.07, 6.45) is 1.96. The average Bonchev–Trinajstić information content (AvgIpc) is 2.71. The van der Waals surface area contributed by atoms with E-state index in [2.05, 4.69) is 30.6 Å². The van der Waals surface area contributed by atoms with Crippen LogP contribution in [0.15, 0.2) is 36.7 Å². The number of halogens is 1. The van der Waals surface area contributed by atoms with E-state index < -0.39 is 17.9 Å². The van der Waals surface area contributed by atoms with Gasteiger partial charge in [-0.25, -0.2) is 14.8 Å². The predicted octanol–water partition coefficient (Wildman–Crippen LogP) is 2.39. The van der Waals surface area contributed by atoms with Crippen molar-refractivity contribution in [3.8, 4) is 11.3 Å². The summed E-state index contributed by atoms with van der Waals surface area (Å²) in [5, 5.41) is 13.8. The van der Waals surface area contributed by atoms with Crippen molar-refractivity contribution in [3.05, 3.63) is 70.9 Å². The number of amides is 2. The van der Waals surface area contributed by atoms with Crippen molar-refractivity contribution in [2.24, 2.45) is 0 Å². The first kappa shape index (κ1) is 20.8. The molecule has 0 fully saturated rings. The van der Waals surface area contributed by atoms with Crippen LogP contribution in [0.4, 0.5) is 9.18 Å². The highest BCUT2D eigenvalue weighted by Crippen LogP contribution is 2.22. The lowest BCUT2D eigenvalue weighted by atomic mass is 10.1. The van der Waals surface area contributed by atoms with Crippen LogP contribution in [0.1, 0.15) is 33.1 Å². The third-order valence-electron chi connectivity index (χ3n) is 4.15. The molecule has 2 amide bonds. The summed E-state index contributed by atoms with van der Waals surface area (Å²) in [6, 6.07) is 5.82. The van der Waals surface area contributed by atoms with Gasteiger partial charge in [-0.05, 0) is 43.7 Å². The second-order valence-corrected chi connectivity index (χ2v) is 6.50. The van der Waals surface area contributed by atoms with E-state index in [4.69, 9.17) is 5.11 Å². The van der Waals surface area contributed by atoms with Gasteiger partial charge in [0.05, 0.1) is 29.8 Å². The lowest BCUT2D eigenvalue weighted by Crippen LogP contribution is -2.25. The van der Waals surface area contributed by atoms with Crippen molar-refractivity contribution in [2.75, 3.05) is 0 Å². The van der Waals surface area contributed by atoms with Crippen molar-refractivity contribution in [3.63, 3.8) is 0 Å². The Morgan fingerprint density at radius 2 is 1.83 bits per heavy atom. The van der Waals surface area contributed by atoms with Crippen LogP contribution in [-0.4, -0.2) is 37.0 Å². The van der Waals surface area contributed by atoms with Gasteiger partial charge in [-0.3, -0.25) is 14.8 Å². The number of nitrogens with one attached hydrogen (secondary N) is 2. The van der Waals surface area contributed by atoms with Crippen molar-refractivity contribution < 1.29 is 19.1 Å². The number of carbonyl (C=O) groups is 2. The minimum absolute atomic E-state index is 0.0256. The molecule has 0 aliphatic carbocycles. The molecule has 0 radical (unpaired) electrons. The van der Waals surface area contributed by atoms with E-state index in [0.29, 0.717) is 28.2 Å². The van der Waals surface area contributed by atoms with Crippen LogP contribution in [0.2, 0.25) is 0 Å². The molecule has 0 aliphatic heterocycles. The Morgan fingerprint density at radius 1 is 1.03 bits per heavy atom. The van der Waals surface area contributed by atoms with E-state index in [9.17, 15) is 14.0 Å². The monoisotopic (exact) mass is 410 g/mol. The van der Waals surface area contributed by atoms with Gasteiger partial charge in [-0.1, -0.05) is 0 Å². The van der Waals surface area contributed by atoms with Crippen LogP contribution < -0.4 is 10.6 Å². The summed E-state index contributed by atoms with van der Waals surface area (Å²) in [5.41, 5.74) is 3.25. The highest BCUT2D eigenvalue weighted by molar-refractivity contribution is 5.93. The number of carboxylic acid groups (broad SMARTS) is 1. The van der Waals surface area contributed by atoms with Gasteiger partial charge in [0.2, 0.25) is 5.95 Å². The molecule has 3 N–H and O–H groups in total. The summed E-state index contributed by atoms with van der Waals surface area (Å²) in [4.78, 5) is 40.0.